The summed E-state index contributed by atoms with van der Waals surface area (Å²) in [5.41, 5.74) is 1.43. The van der Waals surface area contributed by atoms with Gasteiger partial charge in [-0.15, -0.1) is 0 Å². The first-order valence-electron chi connectivity index (χ1n) is 8.04. The minimum atomic E-state index is -0.0978. The van der Waals surface area contributed by atoms with E-state index in [0.29, 0.717) is 18.2 Å². The summed E-state index contributed by atoms with van der Waals surface area (Å²) in [5, 5.41) is 2.90. The molecule has 1 saturated heterocycles. The van der Waals surface area contributed by atoms with E-state index in [9.17, 15) is 4.79 Å². The zero-order chi connectivity index (χ0) is 15.2. The van der Waals surface area contributed by atoms with E-state index in [1.54, 1.807) is 0 Å². The van der Waals surface area contributed by atoms with Gasteiger partial charge in [0.1, 0.15) is 5.69 Å². The second-order valence-electron chi connectivity index (χ2n) is 5.94. The second kappa shape index (κ2) is 7.38. The summed E-state index contributed by atoms with van der Waals surface area (Å²) in [6.45, 7) is 8.87. The van der Waals surface area contributed by atoms with Gasteiger partial charge in [0.2, 0.25) is 5.95 Å². The summed E-state index contributed by atoms with van der Waals surface area (Å²) in [6, 6.07) is 1.82. The van der Waals surface area contributed by atoms with E-state index in [1.165, 1.54) is 19.3 Å². The first kappa shape index (κ1) is 15.7. The number of amides is 1. The summed E-state index contributed by atoms with van der Waals surface area (Å²) in [5.74, 6) is 0.899. The molecule has 0 spiro atoms. The van der Waals surface area contributed by atoms with Gasteiger partial charge in [0.05, 0.1) is 0 Å². The number of rotatable bonds is 5. The molecule has 1 aliphatic heterocycles. The summed E-state index contributed by atoms with van der Waals surface area (Å²) in [6.07, 6.45) is 4.54. The molecular formula is C16H26N4O. The fraction of sp³-hybridized carbons (Fsp3) is 0.688. The standard InChI is InChI=1S/C16H26N4O/c1-4-8-17-15(21)14-11-13(12(2)3)18-16(19-14)20-9-6-5-7-10-20/h11-12H,4-10H2,1-3H3,(H,17,21). The Morgan fingerprint density at radius 2 is 2.00 bits per heavy atom. The molecule has 0 bridgehead atoms. The lowest BCUT2D eigenvalue weighted by molar-refractivity contribution is 0.0948. The van der Waals surface area contributed by atoms with Crippen molar-refractivity contribution in [3.05, 3.63) is 17.5 Å². The lowest BCUT2D eigenvalue weighted by Gasteiger charge is -2.27. The predicted molar refractivity (Wildman–Crippen MR) is 84.8 cm³/mol. The maximum Gasteiger partial charge on any atom is 0.270 e. The van der Waals surface area contributed by atoms with Crippen molar-refractivity contribution in [3.8, 4) is 0 Å². The maximum absolute atomic E-state index is 12.2. The number of aromatic nitrogens is 2. The third-order valence-electron chi connectivity index (χ3n) is 3.73. The molecular weight excluding hydrogens is 264 g/mol. The molecule has 0 aliphatic carbocycles. The Kier molecular flexibility index (Phi) is 5.53. The predicted octanol–water partition coefficient (Wildman–Crippen LogP) is 2.73. The van der Waals surface area contributed by atoms with Crippen LogP contribution in [0.5, 0.6) is 0 Å². The molecule has 1 aromatic rings. The molecule has 5 nitrogen and oxygen atoms in total. The van der Waals surface area contributed by atoms with Gasteiger partial charge in [-0.3, -0.25) is 4.79 Å². The van der Waals surface area contributed by atoms with Crippen LogP contribution in [0.4, 0.5) is 5.95 Å². The van der Waals surface area contributed by atoms with Gasteiger partial charge in [-0.2, -0.15) is 0 Å². The fourth-order valence-electron chi connectivity index (χ4n) is 2.43. The highest BCUT2D eigenvalue weighted by molar-refractivity contribution is 5.92. The second-order valence-corrected chi connectivity index (χ2v) is 5.94. The third kappa shape index (κ3) is 4.16. The topological polar surface area (TPSA) is 58.1 Å². The first-order chi connectivity index (χ1) is 10.1. The highest BCUT2D eigenvalue weighted by Gasteiger charge is 2.18. The van der Waals surface area contributed by atoms with Gasteiger partial charge in [0, 0.05) is 25.3 Å². The lowest BCUT2D eigenvalue weighted by atomic mass is 10.1. The first-order valence-corrected chi connectivity index (χ1v) is 8.04. The number of hydrogen-bond donors (Lipinski definition) is 1. The summed E-state index contributed by atoms with van der Waals surface area (Å²) in [7, 11) is 0. The molecule has 1 fully saturated rings. The highest BCUT2D eigenvalue weighted by atomic mass is 16.1. The van der Waals surface area contributed by atoms with Gasteiger partial charge in [-0.05, 0) is 37.7 Å². The summed E-state index contributed by atoms with van der Waals surface area (Å²) >= 11 is 0. The van der Waals surface area contributed by atoms with Crippen LogP contribution in [-0.4, -0.2) is 35.5 Å². The summed E-state index contributed by atoms with van der Waals surface area (Å²) in [4.78, 5) is 23.5. The minimum Gasteiger partial charge on any atom is -0.351 e. The van der Waals surface area contributed by atoms with Crippen molar-refractivity contribution in [3.63, 3.8) is 0 Å². The van der Waals surface area contributed by atoms with Gasteiger partial charge >= 0.3 is 0 Å². The normalized spacial score (nSPS) is 15.3. The Balaban J connectivity index is 2.27. The molecule has 0 radical (unpaired) electrons. The number of piperidine rings is 1. The van der Waals surface area contributed by atoms with E-state index in [0.717, 1.165) is 25.2 Å². The molecule has 0 unspecified atom stereocenters. The molecule has 21 heavy (non-hydrogen) atoms. The molecule has 1 N–H and O–H groups in total. The van der Waals surface area contributed by atoms with Gasteiger partial charge in [-0.25, -0.2) is 9.97 Å². The molecule has 116 valence electrons. The molecule has 2 heterocycles. The van der Waals surface area contributed by atoms with Crippen molar-refractivity contribution in [1.29, 1.82) is 0 Å². The SMILES string of the molecule is CCCNC(=O)c1cc(C(C)C)nc(N2CCCCC2)n1. The van der Waals surface area contributed by atoms with Gasteiger partial charge in [0.25, 0.3) is 5.91 Å². The number of nitrogens with one attached hydrogen (secondary N) is 1. The van der Waals surface area contributed by atoms with E-state index >= 15 is 0 Å². The minimum absolute atomic E-state index is 0.0978. The average Bonchev–Trinajstić information content (AvgIpc) is 2.53. The molecule has 0 aromatic carbocycles. The van der Waals surface area contributed by atoms with Crippen molar-refractivity contribution in [1.82, 2.24) is 15.3 Å². The third-order valence-corrected chi connectivity index (χ3v) is 3.73. The molecule has 1 aromatic heterocycles. The molecule has 1 amide bonds. The Bertz CT molecular complexity index is 481. The van der Waals surface area contributed by atoms with Crippen LogP contribution in [0.15, 0.2) is 6.07 Å². The van der Waals surface area contributed by atoms with E-state index in [4.69, 9.17) is 0 Å². The number of carbonyl (C=O) groups excluding carboxylic acids is 1. The fourth-order valence-corrected chi connectivity index (χ4v) is 2.43. The van der Waals surface area contributed by atoms with Crippen molar-refractivity contribution in [2.45, 2.75) is 52.4 Å². The number of hydrogen-bond acceptors (Lipinski definition) is 4. The molecule has 0 saturated carbocycles. The number of nitrogens with zero attached hydrogens (tertiary/aromatic N) is 3. The van der Waals surface area contributed by atoms with Crippen molar-refractivity contribution < 1.29 is 4.79 Å². The Labute approximate surface area is 127 Å². The Hall–Kier alpha value is -1.65. The van der Waals surface area contributed by atoms with Crippen molar-refractivity contribution in [2.24, 2.45) is 0 Å². The smallest absolute Gasteiger partial charge is 0.270 e. The maximum atomic E-state index is 12.2. The van der Waals surface area contributed by atoms with E-state index in [2.05, 4.69) is 34.0 Å². The van der Waals surface area contributed by atoms with Crippen LogP contribution in [0.2, 0.25) is 0 Å². The average molecular weight is 290 g/mol. The van der Waals surface area contributed by atoms with Crippen LogP contribution >= 0.6 is 0 Å². The molecule has 2 rings (SSSR count). The van der Waals surface area contributed by atoms with Crippen LogP contribution in [0, 0.1) is 0 Å². The zero-order valence-corrected chi connectivity index (χ0v) is 13.4. The van der Waals surface area contributed by atoms with Crippen molar-refractivity contribution >= 4 is 11.9 Å². The van der Waals surface area contributed by atoms with Crippen LogP contribution in [0.3, 0.4) is 0 Å². The highest BCUT2D eigenvalue weighted by Crippen LogP contribution is 2.20. The molecule has 5 heteroatoms. The van der Waals surface area contributed by atoms with E-state index in [-0.39, 0.29) is 11.8 Å². The Morgan fingerprint density at radius 3 is 2.62 bits per heavy atom. The van der Waals surface area contributed by atoms with Crippen LogP contribution in [0.1, 0.15) is 68.6 Å². The lowest BCUT2D eigenvalue weighted by Crippen LogP contribution is -2.32. The number of carbonyl (C=O) groups is 1. The largest absolute Gasteiger partial charge is 0.351 e. The van der Waals surface area contributed by atoms with Crippen LogP contribution in [-0.2, 0) is 0 Å². The van der Waals surface area contributed by atoms with Gasteiger partial charge < -0.3 is 10.2 Å². The van der Waals surface area contributed by atoms with Crippen molar-refractivity contribution in [2.75, 3.05) is 24.5 Å². The van der Waals surface area contributed by atoms with Gasteiger partial charge in [-0.1, -0.05) is 20.8 Å². The summed E-state index contributed by atoms with van der Waals surface area (Å²) < 4.78 is 0. The zero-order valence-electron chi connectivity index (χ0n) is 13.4. The van der Waals surface area contributed by atoms with E-state index < -0.39 is 0 Å². The quantitative estimate of drug-likeness (QED) is 0.906. The van der Waals surface area contributed by atoms with E-state index in [1.807, 2.05) is 13.0 Å². The Morgan fingerprint density at radius 1 is 1.29 bits per heavy atom. The monoisotopic (exact) mass is 290 g/mol. The molecule has 1 aliphatic rings. The van der Waals surface area contributed by atoms with Crippen LogP contribution in [0.25, 0.3) is 0 Å². The van der Waals surface area contributed by atoms with Crippen LogP contribution < -0.4 is 10.2 Å². The van der Waals surface area contributed by atoms with Gasteiger partial charge in [0.15, 0.2) is 0 Å². The molecule has 0 atom stereocenters. The number of anilines is 1.